The molecule has 2 rings (SSSR count). The first-order chi connectivity index (χ1) is 11.1. The lowest BCUT2D eigenvalue weighted by Gasteiger charge is -2.20. The fraction of sp³-hybridized carbons (Fsp3) is 0.222. The summed E-state index contributed by atoms with van der Waals surface area (Å²) >= 11 is 0. The number of nitrogens with zero attached hydrogens (tertiary/aromatic N) is 1. The van der Waals surface area contributed by atoms with Crippen LogP contribution in [0.5, 0.6) is 0 Å². The molecule has 0 aliphatic carbocycles. The molecule has 5 heteroatoms. The van der Waals surface area contributed by atoms with Crippen LogP contribution in [0.1, 0.15) is 18.9 Å². The average Bonchev–Trinajstić information content (AvgIpc) is 2.55. The molecule has 2 amide bonds. The molecule has 0 atom stereocenters. The van der Waals surface area contributed by atoms with Crippen LogP contribution in [-0.4, -0.2) is 23.3 Å². The van der Waals surface area contributed by atoms with Gasteiger partial charge in [0.05, 0.1) is 0 Å². The lowest BCUT2D eigenvalue weighted by atomic mass is 10.2. The molecular formula is C18H19FN2O2. The van der Waals surface area contributed by atoms with Gasteiger partial charge in [0.2, 0.25) is 11.8 Å². The number of carbonyl (C=O) groups excluding carboxylic acids is 2. The lowest BCUT2D eigenvalue weighted by Crippen LogP contribution is -2.33. The second-order valence-corrected chi connectivity index (χ2v) is 5.13. The van der Waals surface area contributed by atoms with Crippen LogP contribution in [-0.2, 0) is 16.1 Å². The zero-order chi connectivity index (χ0) is 16.7. The van der Waals surface area contributed by atoms with E-state index in [9.17, 15) is 14.0 Å². The van der Waals surface area contributed by atoms with Gasteiger partial charge in [0.15, 0.2) is 0 Å². The maximum atomic E-state index is 12.8. The Labute approximate surface area is 134 Å². The van der Waals surface area contributed by atoms with Crippen molar-refractivity contribution in [3.8, 4) is 0 Å². The summed E-state index contributed by atoms with van der Waals surface area (Å²) in [5.74, 6) is -1.02. The summed E-state index contributed by atoms with van der Waals surface area (Å²) in [4.78, 5) is 25.8. The van der Waals surface area contributed by atoms with Crippen molar-refractivity contribution in [2.24, 2.45) is 0 Å². The van der Waals surface area contributed by atoms with Crippen molar-refractivity contribution in [3.05, 3.63) is 66.0 Å². The molecule has 0 heterocycles. The van der Waals surface area contributed by atoms with Gasteiger partial charge in [0, 0.05) is 18.8 Å². The van der Waals surface area contributed by atoms with E-state index < -0.39 is 5.91 Å². The molecule has 4 nitrogen and oxygen atoms in total. The third-order valence-electron chi connectivity index (χ3n) is 3.39. The molecule has 2 aromatic carbocycles. The van der Waals surface area contributed by atoms with Crippen molar-refractivity contribution >= 4 is 17.5 Å². The van der Waals surface area contributed by atoms with Crippen molar-refractivity contribution in [2.45, 2.75) is 19.9 Å². The Balaban J connectivity index is 1.90. The summed E-state index contributed by atoms with van der Waals surface area (Å²) in [7, 11) is 0. The molecule has 120 valence electrons. The standard InChI is InChI=1S/C18H19FN2O2/c1-2-21(13-14-6-4-3-5-7-14)18(23)12-17(22)20-16-10-8-15(19)9-11-16/h3-11H,2,12-13H2,1H3,(H,20,22). The first kappa shape index (κ1) is 16.7. The molecule has 0 unspecified atom stereocenters. The number of rotatable bonds is 6. The molecular weight excluding hydrogens is 295 g/mol. The molecule has 0 aliphatic rings. The van der Waals surface area contributed by atoms with Gasteiger partial charge in [0.1, 0.15) is 12.2 Å². The molecule has 0 radical (unpaired) electrons. The van der Waals surface area contributed by atoms with Crippen molar-refractivity contribution in [3.63, 3.8) is 0 Å². The predicted molar refractivity (Wildman–Crippen MR) is 87.2 cm³/mol. The normalized spacial score (nSPS) is 10.2. The Morgan fingerprint density at radius 2 is 1.70 bits per heavy atom. The number of hydrogen-bond acceptors (Lipinski definition) is 2. The maximum absolute atomic E-state index is 12.8. The summed E-state index contributed by atoms with van der Waals surface area (Å²) in [6.45, 7) is 2.87. The minimum atomic E-state index is -0.409. The molecule has 0 spiro atoms. The van der Waals surface area contributed by atoms with Crippen LogP contribution in [0.15, 0.2) is 54.6 Å². The largest absolute Gasteiger partial charge is 0.338 e. The van der Waals surface area contributed by atoms with Gasteiger partial charge in [-0.25, -0.2) is 4.39 Å². The zero-order valence-electron chi connectivity index (χ0n) is 13.0. The Kier molecular flexibility index (Phi) is 5.86. The van der Waals surface area contributed by atoms with Crippen LogP contribution in [0.2, 0.25) is 0 Å². The van der Waals surface area contributed by atoms with Crippen LogP contribution in [0.25, 0.3) is 0 Å². The minimum Gasteiger partial charge on any atom is -0.338 e. The molecule has 0 saturated heterocycles. The highest BCUT2D eigenvalue weighted by Crippen LogP contribution is 2.10. The maximum Gasteiger partial charge on any atom is 0.233 e. The van der Waals surface area contributed by atoms with E-state index in [0.29, 0.717) is 18.8 Å². The first-order valence-electron chi connectivity index (χ1n) is 7.45. The summed E-state index contributed by atoms with van der Waals surface area (Å²) in [6.07, 6.45) is -0.238. The van der Waals surface area contributed by atoms with Gasteiger partial charge in [-0.2, -0.15) is 0 Å². The first-order valence-corrected chi connectivity index (χ1v) is 7.45. The molecule has 2 aromatic rings. The molecule has 0 bridgehead atoms. The molecule has 0 aliphatic heterocycles. The van der Waals surface area contributed by atoms with Gasteiger partial charge in [0.25, 0.3) is 0 Å². The van der Waals surface area contributed by atoms with E-state index in [1.54, 1.807) is 4.90 Å². The summed E-state index contributed by atoms with van der Waals surface area (Å²) < 4.78 is 12.8. The Morgan fingerprint density at radius 3 is 2.30 bits per heavy atom. The fourth-order valence-electron chi connectivity index (χ4n) is 2.17. The third-order valence-corrected chi connectivity index (χ3v) is 3.39. The third kappa shape index (κ3) is 5.21. The number of benzene rings is 2. The zero-order valence-corrected chi connectivity index (χ0v) is 13.0. The van der Waals surface area contributed by atoms with E-state index in [1.807, 2.05) is 37.3 Å². The van der Waals surface area contributed by atoms with Gasteiger partial charge in [-0.15, -0.1) is 0 Å². The molecule has 0 saturated carbocycles. The average molecular weight is 314 g/mol. The van der Waals surface area contributed by atoms with E-state index >= 15 is 0 Å². The number of carbonyl (C=O) groups is 2. The van der Waals surface area contributed by atoms with Crippen LogP contribution in [0.4, 0.5) is 10.1 Å². The van der Waals surface area contributed by atoms with Crippen molar-refractivity contribution in [1.82, 2.24) is 4.90 Å². The van der Waals surface area contributed by atoms with Gasteiger partial charge in [-0.1, -0.05) is 30.3 Å². The second-order valence-electron chi connectivity index (χ2n) is 5.13. The van der Waals surface area contributed by atoms with E-state index in [-0.39, 0.29) is 18.1 Å². The SMILES string of the molecule is CCN(Cc1ccccc1)C(=O)CC(=O)Nc1ccc(F)cc1. The Bertz CT molecular complexity index is 656. The quantitative estimate of drug-likeness (QED) is 0.832. The van der Waals surface area contributed by atoms with Crippen molar-refractivity contribution in [1.29, 1.82) is 0 Å². The van der Waals surface area contributed by atoms with E-state index in [1.165, 1.54) is 24.3 Å². The second kappa shape index (κ2) is 8.08. The topological polar surface area (TPSA) is 49.4 Å². The van der Waals surface area contributed by atoms with Crippen LogP contribution in [0.3, 0.4) is 0 Å². The minimum absolute atomic E-state index is 0.238. The van der Waals surface area contributed by atoms with Crippen LogP contribution >= 0.6 is 0 Å². The molecule has 23 heavy (non-hydrogen) atoms. The fourth-order valence-corrected chi connectivity index (χ4v) is 2.17. The number of amides is 2. The highest BCUT2D eigenvalue weighted by atomic mass is 19.1. The summed E-state index contributed by atoms with van der Waals surface area (Å²) in [6, 6.07) is 15.0. The van der Waals surface area contributed by atoms with Gasteiger partial charge in [-0.05, 0) is 36.8 Å². The number of anilines is 1. The smallest absolute Gasteiger partial charge is 0.233 e. The molecule has 0 aromatic heterocycles. The molecule has 1 N–H and O–H groups in total. The Morgan fingerprint density at radius 1 is 1.04 bits per heavy atom. The van der Waals surface area contributed by atoms with Gasteiger partial charge < -0.3 is 10.2 Å². The van der Waals surface area contributed by atoms with Crippen LogP contribution in [0, 0.1) is 5.82 Å². The van der Waals surface area contributed by atoms with Crippen molar-refractivity contribution < 1.29 is 14.0 Å². The van der Waals surface area contributed by atoms with E-state index in [0.717, 1.165) is 5.56 Å². The Hall–Kier alpha value is -2.69. The monoisotopic (exact) mass is 314 g/mol. The highest BCUT2D eigenvalue weighted by Gasteiger charge is 2.16. The van der Waals surface area contributed by atoms with Gasteiger partial charge >= 0.3 is 0 Å². The lowest BCUT2D eigenvalue weighted by molar-refractivity contribution is -0.134. The molecule has 0 fully saturated rings. The number of halogens is 1. The predicted octanol–water partition coefficient (Wildman–Crippen LogP) is 3.20. The summed E-state index contributed by atoms with van der Waals surface area (Å²) in [5.41, 5.74) is 1.48. The van der Waals surface area contributed by atoms with Gasteiger partial charge in [-0.3, -0.25) is 9.59 Å². The van der Waals surface area contributed by atoms with E-state index in [4.69, 9.17) is 0 Å². The number of nitrogens with one attached hydrogen (secondary N) is 1. The number of hydrogen-bond donors (Lipinski definition) is 1. The van der Waals surface area contributed by atoms with Crippen LogP contribution < -0.4 is 5.32 Å². The highest BCUT2D eigenvalue weighted by molar-refractivity contribution is 6.03. The van der Waals surface area contributed by atoms with Crippen molar-refractivity contribution in [2.75, 3.05) is 11.9 Å². The van der Waals surface area contributed by atoms with E-state index in [2.05, 4.69) is 5.32 Å². The summed E-state index contributed by atoms with van der Waals surface area (Å²) in [5, 5.41) is 2.59.